The smallest absolute Gasteiger partial charge is 0.410 e. The van der Waals surface area contributed by atoms with Crippen molar-refractivity contribution in [2.24, 2.45) is 7.05 Å². The lowest BCUT2D eigenvalue weighted by molar-refractivity contribution is 0.0273. The number of nitrogens with one attached hydrogen (secondary N) is 1. The van der Waals surface area contributed by atoms with Crippen molar-refractivity contribution in [3.8, 4) is 0 Å². The van der Waals surface area contributed by atoms with Crippen LogP contribution in [0.15, 0.2) is 41.5 Å². The second-order valence-electron chi connectivity index (χ2n) is 10.2. The molecule has 1 N–H and O–H groups in total. The molecule has 11 heteroatoms. The van der Waals surface area contributed by atoms with E-state index in [1.165, 1.54) is 23.0 Å². The van der Waals surface area contributed by atoms with E-state index in [-0.39, 0.29) is 17.7 Å². The Morgan fingerprint density at radius 2 is 1.89 bits per heavy atom. The Morgan fingerprint density at radius 3 is 2.58 bits per heavy atom. The standard InChI is InChI=1S/C27H30F3N5O3/c1-15(17-9-6-10-18(21(17)28)22(29)30)33-23-20-12-19(25(36)34(5)24(20)32-14-31-23)16-8-7-11-35(13-16)26(37)38-27(2,3)4/h6,8-10,12,14-15,22H,7,11,13H2,1-5H3,(H,31,32,33)/t15-/m1/s1. The first kappa shape index (κ1) is 27.2. The van der Waals surface area contributed by atoms with E-state index in [9.17, 15) is 22.8 Å². The molecule has 0 bridgehead atoms. The van der Waals surface area contributed by atoms with Crippen LogP contribution in [0.5, 0.6) is 0 Å². The molecule has 0 fully saturated rings. The van der Waals surface area contributed by atoms with Gasteiger partial charge in [0.1, 0.15) is 29.2 Å². The number of halogens is 3. The molecule has 4 rings (SSSR count). The number of rotatable bonds is 5. The number of hydrogen-bond donors (Lipinski definition) is 1. The lowest BCUT2D eigenvalue weighted by Crippen LogP contribution is -2.40. The van der Waals surface area contributed by atoms with Crippen molar-refractivity contribution in [1.82, 2.24) is 19.4 Å². The Balaban J connectivity index is 1.70. The van der Waals surface area contributed by atoms with Gasteiger partial charge in [-0.1, -0.05) is 24.3 Å². The number of carbonyl (C=O) groups is 1. The molecule has 202 valence electrons. The zero-order valence-corrected chi connectivity index (χ0v) is 21.9. The summed E-state index contributed by atoms with van der Waals surface area (Å²) in [5.74, 6) is -0.676. The minimum atomic E-state index is -2.94. The minimum Gasteiger partial charge on any atom is -0.444 e. The fourth-order valence-corrected chi connectivity index (χ4v) is 4.39. The van der Waals surface area contributed by atoms with Crippen molar-refractivity contribution in [3.05, 3.63) is 69.5 Å². The van der Waals surface area contributed by atoms with Crippen molar-refractivity contribution < 1.29 is 22.7 Å². The molecule has 8 nitrogen and oxygen atoms in total. The van der Waals surface area contributed by atoms with E-state index in [4.69, 9.17) is 4.74 Å². The molecule has 0 aliphatic carbocycles. The molecule has 1 aliphatic heterocycles. The number of carbonyl (C=O) groups excluding carboxylic acids is 1. The van der Waals surface area contributed by atoms with Crippen LogP contribution in [-0.4, -0.2) is 44.2 Å². The summed E-state index contributed by atoms with van der Waals surface area (Å²) in [7, 11) is 1.58. The normalized spacial score (nSPS) is 15.0. The summed E-state index contributed by atoms with van der Waals surface area (Å²) < 4.78 is 48.1. The van der Waals surface area contributed by atoms with Gasteiger partial charge in [-0.05, 0) is 45.8 Å². The van der Waals surface area contributed by atoms with Gasteiger partial charge in [-0.25, -0.2) is 27.9 Å². The molecular weight excluding hydrogens is 499 g/mol. The molecule has 0 saturated heterocycles. The third kappa shape index (κ3) is 5.51. The number of pyridine rings is 1. The first-order chi connectivity index (χ1) is 17.9. The summed E-state index contributed by atoms with van der Waals surface area (Å²) in [5, 5.41) is 3.57. The van der Waals surface area contributed by atoms with E-state index < -0.39 is 35.5 Å². The Labute approximate surface area is 218 Å². The fraction of sp³-hybridized carbons (Fsp3) is 0.407. The van der Waals surface area contributed by atoms with Gasteiger partial charge in [0.05, 0.1) is 17.0 Å². The highest BCUT2D eigenvalue weighted by molar-refractivity contribution is 5.90. The number of hydrogen-bond acceptors (Lipinski definition) is 6. The van der Waals surface area contributed by atoms with Crippen molar-refractivity contribution >= 4 is 28.5 Å². The molecule has 38 heavy (non-hydrogen) atoms. The van der Waals surface area contributed by atoms with E-state index in [2.05, 4.69) is 15.3 Å². The number of fused-ring (bicyclic) bond motifs is 1. The monoisotopic (exact) mass is 529 g/mol. The van der Waals surface area contributed by atoms with Crippen molar-refractivity contribution in [2.75, 3.05) is 18.4 Å². The van der Waals surface area contributed by atoms with Crippen LogP contribution < -0.4 is 10.9 Å². The van der Waals surface area contributed by atoms with E-state index in [1.54, 1.807) is 45.7 Å². The van der Waals surface area contributed by atoms with Crippen LogP contribution in [0.2, 0.25) is 0 Å². The number of anilines is 1. The third-order valence-corrected chi connectivity index (χ3v) is 6.27. The highest BCUT2D eigenvalue weighted by atomic mass is 19.3. The Morgan fingerprint density at radius 1 is 1.18 bits per heavy atom. The lowest BCUT2D eigenvalue weighted by Gasteiger charge is -2.30. The third-order valence-electron chi connectivity index (χ3n) is 6.27. The largest absolute Gasteiger partial charge is 0.444 e. The number of benzene rings is 1. The zero-order valence-electron chi connectivity index (χ0n) is 21.9. The van der Waals surface area contributed by atoms with Gasteiger partial charge in [-0.3, -0.25) is 9.36 Å². The molecule has 1 aliphatic rings. The number of nitrogens with zero attached hydrogens (tertiary/aromatic N) is 4. The first-order valence-corrected chi connectivity index (χ1v) is 12.2. The highest BCUT2D eigenvalue weighted by Crippen LogP contribution is 2.31. The number of amides is 1. The second kappa shape index (κ2) is 10.5. The van der Waals surface area contributed by atoms with Gasteiger partial charge in [0.2, 0.25) is 0 Å². The SMILES string of the molecule is C[C@@H](Nc1ncnc2c1cc(C1=CCCN(C(=O)OC(C)(C)C)C1)c(=O)n2C)c1cccc(C(F)F)c1F. The zero-order chi connectivity index (χ0) is 27.8. The van der Waals surface area contributed by atoms with Gasteiger partial charge in [0.25, 0.3) is 12.0 Å². The Hall–Kier alpha value is -3.89. The van der Waals surface area contributed by atoms with E-state index >= 15 is 0 Å². The van der Waals surface area contributed by atoms with E-state index in [1.807, 2.05) is 6.08 Å². The molecule has 2 aromatic heterocycles. The second-order valence-corrected chi connectivity index (χ2v) is 10.2. The molecule has 3 heterocycles. The molecule has 0 spiro atoms. The van der Waals surface area contributed by atoms with Crippen LogP contribution in [0, 0.1) is 5.82 Å². The molecule has 1 aromatic carbocycles. The number of alkyl halides is 2. The highest BCUT2D eigenvalue weighted by Gasteiger charge is 2.27. The molecule has 1 amide bonds. The summed E-state index contributed by atoms with van der Waals surface area (Å²) in [4.78, 5) is 36.0. The topological polar surface area (TPSA) is 89.4 Å². The van der Waals surface area contributed by atoms with E-state index in [0.717, 1.165) is 6.07 Å². The molecule has 1 atom stereocenters. The van der Waals surface area contributed by atoms with Crippen LogP contribution in [0.25, 0.3) is 16.6 Å². The van der Waals surface area contributed by atoms with Gasteiger partial charge < -0.3 is 15.0 Å². The van der Waals surface area contributed by atoms with Gasteiger partial charge >= 0.3 is 6.09 Å². The first-order valence-electron chi connectivity index (χ1n) is 12.2. The molecule has 0 unspecified atom stereocenters. The van der Waals surface area contributed by atoms with Gasteiger partial charge in [0.15, 0.2) is 0 Å². The summed E-state index contributed by atoms with van der Waals surface area (Å²) in [6.07, 6.45) is 0.320. The average Bonchev–Trinajstić information content (AvgIpc) is 2.85. The van der Waals surface area contributed by atoms with Crippen molar-refractivity contribution in [2.45, 2.75) is 52.2 Å². The number of ether oxygens (including phenoxy) is 1. The quantitative estimate of drug-likeness (QED) is 0.463. The predicted molar refractivity (Wildman–Crippen MR) is 139 cm³/mol. The average molecular weight is 530 g/mol. The Kier molecular flexibility index (Phi) is 7.48. The van der Waals surface area contributed by atoms with E-state index in [0.29, 0.717) is 41.0 Å². The van der Waals surface area contributed by atoms with Gasteiger partial charge in [-0.2, -0.15) is 0 Å². The van der Waals surface area contributed by atoms with Gasteiger partial charge in [0, 0.05) is 31.3 Å². The lowest BCUT2D eigenvalue weighted by atomic mass is 10.0. The maximum absolute atomic E-state index is 14.8. The Bertz CT molecular complexity index is 1460. The van der Waals surface area contributed by atoms with Crippen LogP contribution in [0.1, 0.15) is 63.3 Å². The predicted octanol–water partition coefficient (Wildman–Crippen LogP) is 5.60. The summed E-state index contributed by atoms with van der Waals surface area (Å²) >= 11 is 0. The summed E-state index contributed by atoms with van der Waals surface area (Å²) in [6, 6.07) is 4.79. The number of aromatic nitrogens is 3. The van der Waals surface area contributed by atoms with Crippen molar-refractivity contribution in [3.63, 3.8) is 0 Å². The van der Waals surface area contributed by atoms with Crippen LogP contribution in [0.4, 0.5) is 23.8 Å². The van der Waals surface area contributed by atoms with Gasteiger partial charge in [-0.15, -0.1) is 0 Å². The van der Waals surface area contributed by atoms with Crippen LogP contribution >= 0.6 is 0 Å². The maximum atomic E-state index is 14.8. The fourth-order valence-electron chi connectivity index (χ4n) is 4.39. The number of aryl methyl sites for hydroxylation is 1. The molecular formula is C27H30F3N5O3. The molecule has 0 saturated carbocycles. The molecule has 0 radical (unpaired) electrons. The minimum absolute atomic E-state index is 0.0580. The maximum Gasteiger partial charge on any atom is 0.410 e. The molecule has 3 aromatic rings. The van der Waals surface area contributed by atoms with Crippen LogP contribution in [-0.2, 0) is 11.8 Å². The summed E-state index contributed by atoms with van der Waals surface area (Å²) in [6.45, 7) is 7.64. The van der Waals surface area contributed by atoms with Crippen LogP contribution in [0.3, 0.4) is 0 Å². The summed E-state index contributed by atoms with van der Waals surface area (Å²) in [5.41, 5.74) is -0.211. The van der Waals surface area contributed by atoms with Crippen molar-refractivity contribution in [1.29, 1.82) is 0 Å².